The maximum atomic E-state index is 14.1. The summed E-state index contributed by atoms with van der Waals surface area (Å²) in [5.74, 6) is 2.27. The number of carbonyl (C=O) groups is 2. The molecule has 2 N–H and O–H groups in total. The fourth-order valence-electron chi connectivity index (χ4n) is 4.71. The van der Waals surface area contributed by atoms with E-state index in [2.05, 4.69) is 36.4 Å². The summed E-state index contributed by atoms with van der Waals surface area (Å²) in [5.41, 5.74) is 0.499. The van der Waals surface area contributed by atoms with E-state index in [-0.39, 0.29) is 47.3 Å². The van der Waals surface area contributed by atoms with Crippen molar-refractivity contribution in [2.45, 2.75) is 97.2 Å². The number of ether oxygens (including phenoxy) is 3. The maximum absolute atomic E-state index is 14.1. The monoisotopic (exact) mass is 631 g/mol. The second-order valence-corrected chi connectivity index (χ2v) is 13.6. The van der Waals surface area contributed by atoms with Crippen LogP contribution in [0.3, 0.4) is 0 Å². The fourth-order valence-corrected chi connectivity index (χ4v) is 5.79. The van der Waals surface area contributed by atoms with Gasteiger partial charge in [-0.15, -0.1) is 11.8 Å². The lowest BCUT2D eigenvalue weighted by molar-refractivity contribution is -0.124. The number of hydrogen-bond donors (Lipinski definition) is 2. The first kappa shape index (κ1) is 35.8. The van der Waals surface area contributed by atoms with Gasteiger partial charge in [0.2, 0.25) is 5.88 Å². The average Bonchev–Trinajstić information content (AvgIpc) is 2.97. The van der Waals surface area contributed by atoms with Crippen LogP contribution in [0.15, 0.2) is 36.5 Å². The molecule has 2 atom stereocenters. The number of rotatable bonds is 21. The molecule has 2 unspecified atom stereocenters. The summed E-state index contributed by atoms with van der Waals surface area (Å²) >= 11 is 1.75. The minimum absolute atomic E-state index is 0.0170. The zero-order valence-corrected chi connectivity index (χ0v) is 27.9. The Balaban J connectivity index is 1.25. The van der Waals surface area contributed by atoms with Crippen LogP contribution in [0.2, 0.25) is 0 Å². The molecule has 1 fully saturated rings. The summed E-state index contributed by atoms with van der Waals surface area (Å²) in [6, 6.07) is 9.25. The van der Waals surface area contributed by atoms with Crippen LogP contribution in [0.5, 0.6) is 17.4 Å². The van der Waals surface area contributed by atoms with Gasteiger partial charge in [0.1, 0.15) is 42.4 Å². The normalized spacial score (nSPS) is 17.7. The van der Waals surface area contributed by atoms with Crippen molar-refractivity contribution in [1.82, 2.24) is 15.6 Å². The van der Waals surface area contributed by atoms with Crippen LogP contribution in [0, 0.1) is 17.7 Å². The van der Waals surface area contributed by atoms with Gasteiger partial charge in [0.25, 0.3) is 0 Å². The molecule has 1 aromatic carbocycles. The van der Waals surface area contributed by atoms with Crippen molar-refractivity contribution in [3.8, 4) is 17.4 Å². The lowest BCUT2D eigenvalue weighted by Crippen LogP contribution is -2.49. The predicted octanol–water partition coefficient (Wildman–Crippen LogP) is 6.01. The van der Waals surface area contributed by atoms with Gasteiger partial charge in [-0.1, -0.05) is 34.6 Å². The highest BCUT2D eigenvalue weighted by molar-refractivity contribution is 7.99. The summed E-state index contributed by atoms with van der Waals surface area (Å²) in [4.78, 5) is 28.8. The highest BCUT2D eigenvalue weighted by Crippen LogP contribution is 2.26. The maximum Gasteiger partial charge on any atom is 0.213 e. The number of aryl methyl sites for hydroxylation is 1. The summed E-state index contributed by atoms with van der Waals surface area (Å²) in [6.45, 7) is 13.1. The molecule has 2 aromatic rings. The average molecular weight is 632 g/mol. The Bertz CT molecular complexity index is 1170. The molecule has 1 aromatic heterocycles. The zero-order valence-electron chi connectivity index (χ0n) is 27.1. The molecule has 244 valence electrons. The zero-order chi connectivity index (χ0) is 32.1. The first-order chi connectivity index (χ1) is 21.0. The van der Waals surface area contributed by atoms with E-state index in [4.69, 9.17) is 14.2 Å². The number of hydrogen-bond acceptors (Lipinski definition) is 9. The summed E-state index contributed by atoms with van der Waals surface area (Å²) in [6.07, 6.45) is 5.20. The molecule has 1 aliphatic carbocycles. The van der Waals surface area contributed by atoms with Crippen molar-refractivity contribution in [3.63, 3.8) is 0 Å². The van der Waals surface area contributed by atoms with Gasteiger partial charge < -0.3 is 24.8 Å². The molecule has 10 heteroatoms. The van der Waals surface area contributed by atoms with E-state index in [9.17, 15) is 14.0 Å². The molecule has 3 rings (SSSR count). The topological polar surface area (TPSA) is 98.8 Å². The summed E-state index contributed by atoms with van der Waals surface area (Å²) in [5, 5.41) is 7.10. The molecule has 1 heterocycles. The highest BCUT2D eigenvalue weighted by atomic mass is 32.2. The van der Waals surface area contributed by atoms with Crippen molar-refractivity contribution in [3.05, 3.63) is 47.9 Å². The molecule has 8 nitrogen and oxygen atoms in total. The highest BCUT2D eigenvalue weighted by Gasteiger charge is 2.31. The van der Waals surface area contributed by atoms with Crippen LogP contribution in [0.4, 0.5) is 4.39 Å². The van der Waals surface area contributed by atoms with Crippen molar-refractivity contribution in [1.29, 1.82) is 0 Å². The first-order valence-electron chi connectivity index (χ1n) is 15.8. The van der Waals surface area contributed by atoms with Gasteiger partial charge in [-0.05, 0) is 68.2 Å². The number of thioether (sulfide) groups is 1. The number of nitrogens with zero attached hydrogens (tertiary/aromatic N) is 1. The van der Waals surface area contributed by atoms with E-state index in [1.807, 2.05) is 20.8 Å². The third kappa shape index (κ3) is 12.7. The van der Waals surface area contributed by atoms with Gasteiger partial charge in [0, 0.05) is 43.0 Å². The van der Waals surface area contributed by atoms with Gasteiger partial charge in [-0.2, -0.15) is 0 Å². The quantitative estimate of drug-likeness (QED) is 0.127. The van der Waals surface area contributed by atoms with E-state index in [0.29, 0.717) is 61.0 Å². The van der Waals surface area contributed by atoms with Gasteiger partial charge in [0.05, 0.1) is 11.6 Å². The number of carbonyl (C=O) groups excluding carboxylic acids is 2. The number of benzene rings is 1. The Hall–Kier alpha value is -2.69. The van der Waals surface area contributed by atoms with Crippen LogP contribution >= 0.6 is 11.8 Å². The number of aromatic nitrogens is 1. The third-order valence-corrected chi connectivity index (χ3v) is 8.75. The van der Waals surface area contributed by atoms with Gasteiger partial charge in [-0.3, -0.25) is 9.59 Å². The second-order valence-electron chi connectivity index (χ2n) is 12.2. The van der Waals surface area contributed by atoms with Gasteiger partial charge in [-0.25, -0.2) is 9.37 Å². The number of ketones is 2. The Morgan fingerprint density at radius 1 is 1.02 bits per heavy atom. The van der Waals surface area contributed by atoms with Crippen molar-refractivity contribution in [2.75, 3.05) is 25.5 Å². The summed E-state index contributed by atoms with van der Waals surface area (Å²) in [7, 11) is 0. The van der Waals surface area contributed by atoms with Crippen LogP contribution in [-0.4, -0.2) is 65.6 Å². The molecule has 44 heavy (non-hydrogen) atoms. The standard InChI is InChI=1S/C34H50FN3O5S/c1-22(2)32(39)11-7-26-17-28(8-10-31(26)35)41-15-14-36-25(6)44-16-13-24(5)33(40)21-42-29-9-12-34(37-20-29)43-30-18-27(19-30)38-23(3)4/h8-10,12,17,20,22-25,27,30,36,38H,7,11,13-16,18-19,21H2,1-6H3/t24?,25?,27-,30-. The van der Waals surface area contributed by atoms with Crippen molar-refractivity contribution in [2.24, 2.45) is 11.8 Å². The number of nitrogens with one attached hydrogen (secondary N) is 2. The Morgan fingerprint density at radius 3 is 2.45 bits per heavy atom. The molecular formula is C34H50FN3O5S. The molecule has 0 radical (unpaired) electrons. The van der Waals surface area contributed by atoms with E-state index >= 15 is 0 Å². The van der Waals surface area contributed by atoms with Crippen molar-refractivity contribution >= 4 is 23.3 Å². The first-order valence-corrected chi connectivity index (χ1v) is 16.9. The number of Topliss-reactive ketones (excluding diaryl/α,β-unsaturated/α-hetero) is 2. The molecule has 0 saturated heterocycles. The molecule has 0 spiro atoms. The second kappa shape index (κ2) is 18.3. The minimum atomic E-state index is -0.315. The molecule has 0 bridgehead atoms. The lowest BCUT2D eigenvalue weighted by Gasteiger charge is -2.36. The smallest absolute Gasteiger partial charge is 0.213 e. The van der Waals surface area contributed by atoms with Gasteiger partial charge >= 0.3 is 0 Å². The predicted molar refractivity (Wildman–Crippen MR) is 174 cm³/mol. The van der Waals surface area contributed by atoms with Gasteiger partial charge in [0.15, 0.2) is 5.78 Å². The van der Waals surface area contributed by atoms with Crippen LogP contribution in [0.1, 0.15) is 72.8 Å². The Morgan fingerprint density at radius 2 is 1.77 bits per heavy atom. The number of halogens is 1. The third-order valence-electron chi connectivity index (χ3n) is 7.61. The Labute approximate surface area is 266 Å². The molecule has 0 aliphatic heterocycles. The molecule has 1 saturated carbocycles. The fraction of sp³-hybridized carbons (Fsp3) is 0.618. The van der Waals surface area contributed by atoms with Crippen LogP contribution in [0.25, 0.3) is 0 Å². The van der Waals surface area contributed by atoms with Crippen LogP contribution in [-0.2, 0) is 16.0 Å². The van der Waals surface area contributed by atoms with Crippen LogP contribution < -0.4 is 24.8 Å². The lowest BCUT2D eigenvalue weighted by atomic mass is 9.89. The van der Waals surface area contributed by atoms with E-state index in [1.54, 1.807) is 42.2 Å². The van der Waals surface area contributed by atoms with Crippen molar-refractivity contribution < 1.29 is 28.2 Å². The number of pyridine rings is 1. The molecule has 1 aliphatic rings. The molecular weight excluding hydrogens is 581 g/mol. The van der Waals surface area contributed by atoms with E-state index in [1.165, 1.54) is 6.07 Å². The largest absolute Gasteiger partial charge is 0.492 e. The SMILES string of the molecule is CC(C)N[C@H]1C[C@H](Oc2ccc(OCC(=O)C(C)CCSC(C)NCCOc3ccc(F)c(CCC(=O)C(C)C)c3)cn2)C1. The Kier molecular flexibility index (Phi) is 14.9. The molecule has 0 amide bonds. The minimum Gasteiger partial charge on any atom is -0.492 e. The van der Waals surface area contributed by atoms with E-state index in [0.717, 1.165) is 25.0 Å². The van der Waals surface area contributed by atoms with E-state index < -0.39 is 0 Å². The summed E-state index contributed by atoms with van der Waals surface area (Å²) < 4.78 is 31.5.